The Hall–Kier alpha value is -0.530. The lowest BCUT2D eigenvalue weighted by molar-refractivity contribution is -0.706. The lowest BCUT2D eigenvalue weighted by atomic mass is 9.95. The van der Waals surface area contributed by atoms with Gasteiger partial charge in [0.05, 0.1) is 6.04 Å². The van der Waals surface area contributed by atoms with E-state index in [4.69, 9.17) is 11.6 Å². The van der Waals surface area contributed by atoms with Gasteiger partial charge in [0.15, 0.2) is 0 Å². The van der Waals surface area contributed by atoms with E-state index in [0.717, 1.165) is 17.6 Å². The van der Waals surface area contributed by atoms with Crippen molar-refractivity contribution in [1.29, 1.82) is 0 Å². The van der Waals surface area contributed by atoms with E-state index in [-0.39, 0.29) is 0 Å². The molecule has 0 aromatic heterocycles. The average Bonchev–Trinajstić information content (AvgIpc) is 2.30. The Morgan fingerprint density at radius 2 is 1.73 bits per heavy atom. The quantitative estimate of drug-likeness (QED) is 0.813. The molecule has 2 heteroatoms. The first-order valence-corrected chi connectivity index (χ1v) is 6.30. The Morgan fingerprint density at radius 1 is 1.07 bits per heavy atom. The molecule has 0 unspecified atom stereocenters. The summed E-state index contributed by atoms with van der Waals surface area (Å²) in [6.07, 6.45) is 7.07. The topological polar surface area (TPSA) is 16.6 Å². The first-order valence-electron chi connectivity index (χ1n) is 5.92. The Balaban J connectivity index is 1.79. The van der Waals surface area contributed by atoms with Gasteiger partial charge in [-0.1, -0.05) is 30.2 Å². The van der Waals surface area contributed by atoms with Crippen molar-refractivity contribution in [2.75, 3.05) is 0 Å². The van der Waals surface area contributed by atoms with Gasteiger partial charge in [-0.2, -0.15) is 0 Å². The normalized spacial score (nSPS) is 17.9. The van der Waals surface area contributed by atoms with Gasteiger partial charge in [-0.05, 0) is 37.8 Å². The number of rotatable bonds is 3. The molecule has 15 heavy (non-hydrogen) atoms. The monoisotopic (exact) mass is 224 g/mol. The van der Waals surface area contributed by atoms with Crippen LogP contribution >= 0.6 is 11.6 Å². The van der Waals surface area contributed by atoms with Crippen molar-refractivity contribution in [1.82, 2.24) is 0 Å². The highest BCUT2D eigenvalue weighted by Crippen LogP contribution is 2.15. The van der Waals surface area contributed by atoms with Gasteiger partial charge < -0.3 is 5.32 Å². The van der Waals surface area contributed by atoms with Gasteiger partial charge in [-0.15, -0.1) is 0 Å². The third-order valence-corrected chi connectivity index (χ3v) is 3.50. The van der Waals surface area contributed by atoms with Crippen LogP contribution in [0, 0.1) is 0 Å². The zero-order valence-electron chi connectivity index (χ0n) is 9.08. The predicted molar refractivity (Wildman–Crippen MR) is 64.0 cm³/mol. The molecule has 1 aromatic carbocycles. The fourth-order valence-corrected chi connectivity index (χ4v) is 2.42. The fourth-order valence-electron chi connectivity index (χ4n) is 2.29. The van der Waals surface area contributed by atoms with Crippen LogP contribution in [0.5, 0.6) is 0 Å². The highest BCUT2D eigenvalue weighted by molar-refractivity contribution is 6.30. The minimum absolute atomic E-state index is 0.830. The highest BCUT2D eigenvalue weighted by Gasteiger charge is 2.15. The van der Waals surface area contributed by atoms with E-state index in [0.29, 0.717) is 0 Å². The van der Waals surface area contributed by atoms with Gasteiger partial charge in [-0.3, -0.25) is 0 Å². The second kappa shape index (κ2) is 5.53. The summed E-state index contributed by atoms with van der Waals surface area (Å²) >= 11 is 5.85. The minimum atomic E-state index is 0.830. The summed E-state index contributed by atoms with van der Waals surface area (Å²) in [5.41, 5.74) is 1.38. The number of halogens is 1. The third-order valence-electron chi connectivity index (χ3n) is 3.25. The van der Waals surface area contributed by atoms with Crippen molar-refractivity contribution in [3.8, 4) is 0 Å². The van der Waals surface area contributed by atoms with E-state index < -0.39 is 0 Å². The van der Waals surface area contributed by atoms with Crippen LogP contribution in [0.2, 0.25) is 5.02 Å². The molecule has 82 valence electrons. The smallest absolute Gasteiger partial charge is 0.101 e. The molecule has 1 saturated carbocycles. The summed E-state index contributed by atoms with van der Waals surface area (Å²) in [5.74, 6) is 0. The second-order valence-electron chi connectivity index (χ2n) is 4.46. The summed E-state index contributed by atoms with van der Waals surface area (Å²) in [6.45, 7) is 1.10. The summed E-state index contributed by atoms with van der Waals surface area (Å²) in [5, 5.41) is 3.32. The van der Waals surface area contributed by atoms with E-state index in [9.17, 15) is 0 Å². The van der Waals surface area contributed by atoms with Crippen molar-refractivity contribution in [2.24, 2.45) is 0 Å². The second-order valence-corrected chi connectivity index (χ2v) is 4.90. The Morgan fingerprint density at radius 3 is 2.40 bits per heavy atom. The number of quaternary nitrogens is 1. The summed E-state index contributed by atoms with van der Waals surface area (Å²) in [4.78, 5) is 0. The summed E-state index contributed by atoms with van der Waals surface area (Å²) < 4.78 is 0. The standard InChI is InChI=1S/C13H18ClN/c14-12-8-6-11(7-9-12)10-15-13-4-2-1-3-5-13/h6-9,13,15H,1-5,10H2/p+1. The number of benzene rings is 1. The predicted octanol–water partition coefficient (Wildman–Crippen LogP) is 2.74. The molecule has 0 saturated heterocycles. The molecule has 1 aliphatic rings. The molecule has 2 rings (SSSR count). The number of nitrogens with two attached hydrogens (primary N) is 1. The van der Waals surface area contributed by atoms with Crippen LogP contribution < -0.4 is 5.32 Å². The van der Waals surface area contributed by atoms with E-state index in [2.05, 4.69) is 17.4 Å². The van der Waals surface area contributed by atoms with Crippen LogP contribution in [-0.2, 0) is 6.54 Å². The maximum Gasteiger partial charge on any atom is 0.101 e. The van der Waals surface area contributed by atoms with Gasteiger partial charge in [0.2, 0.25) is 0 Å². The van der Waals surface area contributed by atoms with Crippen LogP contribution in [0.15, 0.2) is 24.3 Å². The molecule has 2 N–H and O–H groups in total. The van der Waals surface area contributed by atoms with E-state index >= 15 is 0 Å². The largest absolute Gasteiger partial charge is 0.340 e. The molecule has 1 aliphatic carbocycles. The van der Waals surface area contributed by atoms with Crippen LogP contribution in [0.25, 0.3) is 0 Å². The lowest BCUT2D eigenvalue weighted by Gasteiger charge is -2.19. The zero-order chi connectivity index (χ0) is 10.5. The zero-order valence-corrected chi connectivity index (χ0v) is 9.84. The van der Waals surface area contributed by atoms with Crippen LogP contribution in [0.1, 0.15) is 37.7 Å². The SMILES string of the molecule is Clc1ccc(C[NH2+]C2CCCCC2)cc1. The van der Waals surface area contributed by atoms with E-state index in [1.165, 1.54) is 37.7 Å². The summed E-state index contributed by atoms with van der Waals surface area (Å²) in [7, 11) is 0. The Labute approximate surface area is 96.8 Å². The van der Waals surface area contributed by atoms with Crippen LogP contribution in [0.3, 0.4) is 0 Å². The van der Waals surface area contributed by atoms with Crippen molar-refractivity contribution < 1.29 is 5.32 Å². The van der Waals surface area contributed by atoms with Crippen molar-refractivity contribution >= 4 is 11.6 Å². The van der Waals surface area contributed by atoms with Gasteiger partial charge >= 0.3 is 0 Å². The third kappa shape index (κ3) is 3.51. The highest BCUT2D eigenvalue weighted by atomic mass is 35.5. The first-order chi connectivity index (χ1) is 7.34. The Bertz CT molecular complexity index is 288. The maximum absolute atomic E-state index is 5.85. The van der Waals surface area contributed by atoms with E-state index in [1.54, 1.807) is 0 Å². The van der Waals surface area contributed by atoms with Gasteiger partial charge in [0, 0.05) is 10.6 Å². The lowest BCUT2D eigenvalue weighted by Crippen LogP contribution is -2.88. The van der Waals surface area contributed by atoms with E-state index in [1.807, 2.05) is 12.1 Å². The molecule has 1 nitrogen and oxygen atoms in total. The molecule has 1 aromatic rings. The number of hydrogen-bond donors (Lipinski definition) is 1. The molecule has 0 bridgehead atoms. The molecular formula is C13H19ClN+. The first kappa shape index (κ1) is 11.0. The molecule has 0 aliphatic heterocycles. The van der Waals surface area contributed by atoms with Crippen molar-refractivity contribution in [2.45, 2.75) is 44.7 Å². The van der Waals surface area contributed by atoms with Crippen LogP contribution in [0.4, 0.5) is 0 Å². The molecule has 0 atom stereocenters. The summed E-state index contributed by atoms with van der Waals surface area (Å²) in [6, 6.07) is 9.06. The van der Waals surface area contributed by atoms with Crippen LogP contribution in [-0.4, -0.2) is 6.04 Å². The fraction of sp³-hybridized carbons (Fsp3) is 0.538. The average molecular weight is 225 g/mol. The molecule has 0 radical (unpaired) electrons. The molecule has 1 fully saturated rings. The van der Waals surface area contributed by atoms with Gasteiger partial charge in [-0.25, -0.2) is 0 Å². The molecule has 0 amide bonds. The van der Waals surface area contributed by atoms with Gasteiger partial charge in [0.25, 0.3) is 0 Å². The molecule has 0 heterocycles. The van der Waals surface area contributed by atoms with Crippen molar-refractivity contribution in [3.63, 3.8) is 0 Å². The minimum Gasteiger partial charge on any atom is -0.340 e. The number of hydrogen-bond acceptors (Lipinski definition) is 0. The molecule has 0 spiro atoms. The van der Waals surface area contributed by atoms with Gasteiger partial charge in [0.1, 0.15) is 6.54 Å². The maximum atomic E-state index is 5.85. The molecular weight excluding hydrogens is 206 g/mol. The van der Waals surface area contributed by atoms with Crippen molar-refractivity contribution in [3.05, 3.63) is 34.9 Å². The Kier molecular flexibility index (Phi) is 4.04.